The number of fused-ring (bicyclic) bond motifs is 3. The molecule has 0 saturated carbocycles. The normalized spacial score (nSPS) is 25.0. The molecule has 3 aromatic rings. The average molecular weight is 522 g/mol. The third-order valence-electron chi connectivity index (χ3n) is 8.54. The van der Waals surface area contributed by atoms with Crippen molar-refractivity contribution in [1.29, 1.82) is 0 Å². The Hall–Kier alpha value is -3.37. The van der Waals surface area contributed by atoms with Gasteiger partial charge in [-0.3, -0.25) is 14.7 Å². The number of nitrogens with zero attached hydrogens (tertiary/aromatic N) is 4. The first-order valence-corrected chi connectivity index (χ1v) is 13.2. The summed E-state index contributed by atoms with van der Waals surface area (Å²) in [6.07, 6.45) is 3.28. The second-order valence-electron chi connectivity index (χ2n) is 10.7. The Kier molecular flexibility index (Phi) is 5.52. The van der Waals surface area contributed by atoms with Gasteiger partial charge in [0.05, 0.1) is 48.1 Å². The van der Waals surface area contributed by atoms with E-state index in [0.717, 1.165) is 42.6 Å². The van der Waals surface area contributed by atoms with Gasteiger partial charge in [0.15, 0.2) is 0 Å². The summed E-state index contributed by atoms with van der Waals surface area (Å²) in [7, 11) is 0. The maximum absolute atomic E-state index is 15.3. The molecule has 1 unspecified atom stereocenters. The number of hydrogen-bond acceptors (Lipinski definition) is 7. The summed E-state index contributed by atoms with van der Waals surface area (Å²) in [5.41, 5.74) is 4.34. The van der Waals surface area contributed by atoms with E-state index in [1.54, 1.807) is 4.90 Å². The number of carbonyl (C=O) groups is 1. The molecule has 1 N–H and O–H groups in total. The average Bonchev–Trinajstić information content (AvgIpc) is 3.25. The van der Waals surface area contributed by atoms with Gasteiger partial charge in [-0.1, -0.05) is 0 Å². The van der Waals surface area contributed by atoms with E-state index in [1.807, 2.05) is 13.1 Å². The highest BCUT2D eigenvalue weighted by Crippen LogP contribution is 2.50. The molecule has 0 radical (unpaired) electrons. The fraction of sp³-hybridized carbons (Fsp3) is 0.464. The van der Waals surface area contributed by atoms with Crippen LogP contribution in [0.4, 0.5) is 26.0 Å². The number of pyridine rings is 2. The smallest absolute Gasteiger partial charge is 0.229 e. The lowest BCUT2D eigenvalue weighted by molar-refractivity contribution is -0.122. The Balaban J connectivity index is 1.29. The van der Waals surface area contributed by atoms with Gasteiger partial charge in [0, 0.05) is 62.1 Å². The SMILES string of the molecule is Cc1c(N2CCC2=O)nc2cc(F)cc(F)c2c1[C@H]1CC2(CCO1)CNc1cc(N3CCOCC3)cnc12. The van der Waals surface area contributed by atoms with E-state index in [-0.39, 0.29) is 22.2 Å². The van der Waals surface area contributed by atoms with Crippen molar-refractivity contribution in [2.75, 3.05) is 61.1 Å². The summed E-state index contributed by atoms with van der Waals surface area (Å²) in [6.45, 7) is 6.66. The van der Waals surface area contributed by atoms with Gasteiger partial charge in [-0.05, 0) is 37.0 Å². The van der Waals surface area contributed by atoms with Gasteiger partial charge in [-0.25, -0.2) is 13.8 Å². The molecule has 1 spiro atoms. The second-order valence-corrected chi connectivity index (χ2v) is 10.7. The van der Waals surface area contributed by atoms with Crippen molar-refractivity contribution in [1.82, 2.24) is 9.97 Å². The first kappa shape index (κ1) is 23.7. The van der Waals surface area contributed by atoms with Crippen LogP contribution in [0.25, 0.3) is 10.9 Å². The zero-order chi connectivity index (χ0) is 26.0. The Morgan fingerprint density at radius 3 is 2.74 bits per heavy atom. The summed E-state index contributed by atoms with van der Waals surface area (Å²) >= 11 is 0. The number of carbonyl (C=O) groups excluding carboxylic acids is 1. The summed E-state index contributed by atoms with van der Waals surface area (Å²) in [4.78, 5) is 25.6. The van der Waals surface area contributed by atoms with Gasteiger partial charge in [0.25, 0.3) is 0 Å². The first-order valence-electron chi connectivity index (χ1n) is 13.2. The number of anilines is 3. The lowest BCUT2D eigenvalue weighted by Crippen LogP contribution is -2.44. The summed E-state index contributed by atoms with van der Waals surface area (Å²) < 4.78 is 41.3. The maximum atomic E-state index is 15.3. The topological polar surface area (TPSA) is 79.8 Å². The highest BCUT2D eigenvalue weighted by atomic mass is 19.1. The number of amides is 1. The molecule has 0 bridgehead atoms. The lowest BCUT2D eigenvalue weighted by Gasteiger charge is -2.39. The zero-order valence-corrected chi connectivity index (χ0v) is 21.2. The van der Waals surface area contributed by atoms with Gasteiger partial charge >= 0.3 is 0 Å². The molecule has 4 aliphatic rings. The van der Waals surface area contributed by atoms with Crippen LogP contribution in [-0.2, 0) is 19.7 Å². The molecular formula is C28H29F2N5O3. The molecule has 2 atom stereocenters. The van der Waals surface area contributed by atoms with Crippen LogP contribution in [0, 0.1) is 18.6 Å². The van der Waals surface area contributed by atoms with Crippen molar-refractivity contribution >= 4 is 34.0 Å². The maximum Gasteiger partial charge on any atom is 0.229 e. The summed E-state index contributed by atoms with van der Waals surface area (Å²) in [5.74, 6) is -0.963. The third-order valence-corrected chi connectivity index (χ3v) is 8.54. The van der Waals surface area contributed by atoms with Crippen molar-refractivity contribution in [2.24, 2.45) is 0 Å². The minimum absolute atomic E-state index is 0.0435. The minimum atomic E-state index is -0.701. The minimum Gasteiger partial charge on any atom is -0.383 e. The summed E-state index contributed by atoms with van der Waals surface area (Å²) in [6, 6.07) is 4.28. The van der Waals surface area contributed by atoms with Crippen LogP contribution in [-0.4, -0.2) is 61.9 Å². The van der Waals surface area contributed by atoms with E-state index in [1.165, 1.54) is 6.07 Å². The van der Waals surface area contributed by atoms with Crippen molar-refractivity contribution in [3.8, 4) is 0 Å². The number of β-lactam (4-membered cyclic amide) rings is 1. The fourth-order valence-corrected chi connectivity index (χ4v) is 6.45. The standard InChI is InChI=1S/C28H29F2N5O3/c1-16-24(25-19(30)10-17(29)11-20(25)33-27(16)35-4-2-23(35)36)22-13-28(3-7-38-22)15-32-21-12-18(14-31-26(21)28)34-5-8-37-9-6-34/h10-12,14,22,32H,2-9,13,15H2,1H3/t22-,28?/m1/s1. The van der Waals surface area contributed by atoms with E-state index >= 15 is 4.39 Å². The quantitative estimate of drug-likeness (QED) is 0.522. The molecule has 4 aliphatic heterocycles. The highest BCUT2D eigenvalue weighted by Gasteiger charge is 2.46. The molecule has 0 aliphatic carbocycles. The van der Waals surface area contributed by atoms with Crippen molar-refractivity contribution < 1.29 is 23.0 Å². The van der Waals surface area contributed by atoms with E-state index < -0.39 is 17.7 Å². The van der Waals surface area contributed by atoms with Crippen molar-refractivity contribution in [3.63, 3.8) is 0 Å². The summed E-state index contributed by atoms with van der Waals surface area (Å²) in [5, 5.41) is 3.83. The molecule has 10 heteroatoms. The lowest BCUT2D eigenvalue weighted by atomic mass is 9.74. The molecule has 38 heavy (non-hydrogen) atoms. The Labute approximate surface area is 218 Å². The Bertz CT molecular complexity index is 1460. The number of halogens is 2. The predicted molar refractivity (Wildman–Crippen MR) is 139 cm³/mol. The number of benzene rings is 1. The molecule has 3 saturated heterocycles. The molecule has 1 amide bonds. The first-order chi connectivity index (χ1) is 18.4. The van der Waals surface area contributed by atoms with Crippen LogP contribution < -0.4 is 15.1 Å². The van der Waals surface area contributed by atoms with E-state index in [9.17, 15) is 9.18 Å². The van der Waals surface area contributed by atoms with Crippen LogP contribution in [0.2, 0.25) is 0 Å². The molecule has 6 heterocycles. The molecular weight excluding hydrogens is 492 g/mol. The largest absolute Gasteiger partial charge is 0.383 e. The molecule has 1 aromatic carbocycles. The van der Waals surface area contributed by atoms with Crippen LogP contribution in [0.3, 0.4) is 0 Å². The van der Waals surface area contributed by atoms with Gasteiger partial charge < -0.3 is 19.7 Å². The van der Waals surface area contributed by atoms with Gasteiger partial charge in [0.1, 0.15) is 17.5 Å². The predicted octanol–water partition coefficient (Wildman–Crippen LogP) is 4.00. The molecule has 8 nitrogen and oxygen atoms in total. The zero-order valence-electron chi connectivity index (χ0n) is 21.2. The van der Waals surface area contributed by atoms with Crippen molar-refractivity contribution in [3.05, 3.63) is 52.9 Å². The Morgan fingerprint density at radius 1 is 1.13 bits per heavy atom. The van der Waals surface area contributed by atoms with E-state index in [2.05, 4.69) is 21.3 Å². The van der Waals surface area contributed by atoms with Crippen LogP contribution in [0.15, 0.2) is 24.4 Å². The van der Waals surface area contributed by atoms with Gasteiger partial charge in [-0.15, -0.1) is 0 Å². The van der Waals surface area contributed by atoms with E-state index in [4.69, 9.17) is 14.5 Å². The number of nitrogens with one attached hydrogen (secondary N) is 1. The molecule has 3 fully saturated rings. The van der Waals surface area contributed by atoms with Crippen molar-refractivity contribution in [2.45, 2.75) is 37.7 Å². The number of rotatable bonds is 3. The second kappa shape index (κ2) is 8.84. The highest BCUT2D eigenvalue weighted by molar-refractivity contribution is 6.01. The van der Waals surface area contributed by atoms with Gasteiger partial charge in [-0.2, -0.15) is 0 Å². The Morgan fingerprint density at radius 2 is 1.97 bits per heavy atom. The third kappa shape index (κ3) is 3.65. The van der Waals surface area contributed by atoms with Crippen LogP contribution in [0.5, 0.6) is 0 Å². The van der Waals surface area contributed by atoms with Crippen LogP contribution >= 0.6 is 0 Å². The van der Waals surface area contributed by atoms with E-state index in [0.29, 0.717) is 62.7 Å². The number of ether oxygens (including phenoxy) is 2. The van der Waals surface area contributed by atoms with Gasteiger partial charge in [0.2, 0.25) is 5.91 Å². The molecule has 2 aromatic heterocycles. The number of aromatic nitrogens is 2. The van der Waals surface area contributed by atoms with Crippen LogP contribution in [0.1, 0.15) is 42.2 Å². The monoisotopic (exact) mass is 521 g/mol. The molecule has 198 valence electrons. The number of hydrogen-bond donors (Lipinski definition) is 1. The number of morpholine rings is 1. The fourth-order valence-electron chi connectivity index (χ4n) is 6.45. The molecule has 7 rings (SSSR count).